The highest BCUT2D eigenvalue weighted by Crippen LogP contribution is 2.38. The molecule has 0 radical (unpaired) electrons. The van der Waals surface area contributed by atoms with E-state index in [4.69, 9.17) is 16.3 Å². The van der Waals surface area contributed by atoms with Crippen LogP contribution in [0.2, 0.25) is 5.02 Å². The lowest BCUT2D eigenvalue weighted by Crippen LogP contribution is -2.48. The molecule has 1 atom stereocenters. The van der Waals surface area contributed by atoms with Crippen LogP contribution in [0.1, 0.15) is 42.9 Å². The molecule has 1 aliphatic carbocycles. The number of fused-ring (bicyclic) bond motifs is 1. The topological polar surface area (TPSA) is 61.8 Å². The zero-order valence-electron chi connectivity index (χ0n) is 17.4. The smallest absolute Gasteiger partial charge is 0.227 e. The minimum Gasteiger partial charge on any atom is -0.482 e. The molecule has 6 heteroatoms. The summed E-state index contributed by atoms with van der Waals surface area (Å²) in [4.78, 5) is 14.2. The summed E-state index contributed by atoms with van der Waals surface area (Å²) < 4.78 is 6.35. The van der Waals surface area contributed by atoms with Crippen LogP contribution in [-0.2, 0) is 4.79 Å². The average molecular weight is 439 g/mol. The fourth-order valence-corrected chi connectivity index (χ4v) is 4.53. The average Bonchev–Trinajstić information content (AvgIpc) is 3.62. The summed E-state index contributed by atoms with van der Waals surface area (Å²) in [5.74, 6) is 1.16. The highest BCUT2D eigenvalue weighted by atomic mass is 35.5. The maximum absolute atomic E-state index is 11.9. The van der Waals surface area contributed by atoms with Crippen LogP contribution < -0.4 is 10.1 Å². The monoisotopic (exact) mass is 438 g/mol. The van der Waals surface area contributed by atoms with Gasteiger partial charge in [-0.15, -0.1) is 0 Å². The van der Waals surface area contributed by atoms with E-state index in [0.29, 0.717) is 11.6 Å². The number of anilines is 1. The fraction of sp³-hybridized carbons (Fsp3) is 0.400. The second-order valence-electron chi connectivity index (χ2n) is 8.88. The van der Waals surface area contributed by atoms with Crippen molar-refractivity contribution in [3.63, 3.8) is 0 Å². The van der Waals surface area contributed by atoms with E-state index in [-0.39, 0.29) is 17.4 Å². The molecule has 1 saturated heterocycles. The summed E-state index contributed by atoms with van der Waals surface area (Å²) in [7, 11) is 0. The number of hydrogen-bond acceptors (Lipinski definition) is 4. The van der Waals surface area contributed by atoms with Gasteiger partial charge in [0, 0.05) is 54.7 Å². The van der Waals surface area contributed by atoms with Gasteiger partial charge in [0.2, 0.25) is 5.91 Å². The van der Waals surface area contributed by atoms with Crippen molar-refractivity contribution in [1.29, 1.82) is 0 Å². The van der Waals surface area contributed by atoms with Crippen LogP contribution in [-0.4, -0.2) is 41.1 Å². The molecular formula is C25H27ClN2O3. The van der Waals surface area contributed by atoms with Gasteiger partial charge in [-0.25, -0.2) is 0 Å². The number of nitrogens with zero attached hydrogens (tertiary/aromatic N) is 1. The molecule has 1 amide bonds. The summed E-state index contributed by atoms with van der Waals surface area (Å²) in [5, 5.41) is 14.4. The van der Waals surface area contributed by atoms with Crippen molar-refractivity contribution in [1.82, 2.24) is 4.90 Å². The molecular weight excluding hydrogens is 412 g/mol. The Balaban J connectivity index is 1.14. The van der Waals surface area contributed by atoms with E-state index in [1.165, 1.54) is 0 Å². The van der Waals surface area contributed by atoms with Crippen LogP contribution in [0.15, 0.2) is 48.5 Å². The lowest BCUT2D eigenvalue weighted by molar-refractivity contribution is -0.117. The molecule has 2 aliphatic heterocycles. The van der Waals surface area contributed by atoms with E-state index in [0.717, 1.165) is 61.3 Å². The zero-order valence-corrected chi connectivity index (χ0v) is 18.1. The highest BCUT2D eigenvalue weighted by Gasteiger charge is 2.37. The molecule has 0 aromatic heterocycles. The number of carbonyl (C=O) groups is 1. The molecule has 2 fully saturated rings. The number of piperidine rings is 1. The Hall–Kier alpha value is -2.34. The van der Waals surface area contributed by atoms with Crippen molar-refractivity contribution in [2.24, 2.45) is 5.92 Å². The fourth-order valence-electron chi connectivity index (χ4n) is 4.35. The third-order valence-electron chi connectivity index (χ3n) is 6.50. The molecule has 3 aliphatic rings. The van der Waals surface area contributed by atoms with E-state index in [9.17, 15) is 9.90 Å². The van der Waals surface area contributed by atoms with Gasteiger partial charge in [0.1, 0.15) is 11.4 Å². The molecule has 2 aromatic rings. The number of aliphatic hydroxyl groups excluding tert-OH is 1. The molecule has 2 heterocycles. The molecule has 5 rings (SSSR count). The molecule has 31 heavy (non-hydrogen) atoms. The van der Waals surface area contributed by atoms with Crippen molar-refractivity contribution >= 4 is 29.3 Å². The molecule has 2 N–H and O–H groups in total. The lowest BCUT2D eigenvalue weighted by atomic mass is 9.88. The maximum Gasteiger partial charge on any atom is 0.227 e. The predicted octanol–water partition coefficient (Wildman–Crippen LogP) is 4.66. The number of amides is 1. The van der Waals surface area contributed by atoms with E-state index in [2.05, 4.69) is 22.4 Å². The van der Waals surface area contributed by atoms with Crippen LogP contribution in [0.4, 0.5) is 5.69 Å². The number of ether oxygens (including phenoxy) is 1. The Morgan fingerprint density at radius 2 is 1.94 bits per heavy atom. The first-order valence-electron chi connectivity index (χ1n) is 11.0. The van der Waals surface area contributed by atoms with E-state index >= 15 is 0 Å². The standard InChI is InChI=1S/C25H27ClN2O3/c26-20-5-8-23-19(15-20)9-10-25(31-23)11-13-28(14-12-25)16-22(29)17-3-6-21(7-4-17)27-24(30)18-1-2-18/h3-10,15,18,22,29H,1-2,11-14,16H2,(H,27,30)/t22-/m0/s1. The Morgan fingerprint density at radius 1 is 1.19 bits per heavy atom. The van der Waals surface area contributed by atoms with Gasteiger partial charge in [0.15, 0.2) is 0 Å². The molecule has 162 valence electrons. The summed E-state index contributed by atoms with van der Waals surface area (Å²) in [6.45, 7) is 2.31. The second-order valence-corrected chi connectivity index (χ2v) is 9.32. The first-order valence-corrected chi connectivity index (χ1v) is 11.4. The quantitative estimate of drug-likeness (QED) is 0.712. The number of β-amino-alcohol motifs (C(OH)–C–C–N with tert-alkyl or cyclic N) is 1. The number of nitrogens with one attached hydrogen (secondary N) is 1. The van der Waals surface area contributed by atoms with Crippen molar-refractivity contribution in [2.45, 2.75) is 37.4 Å². The molecule has 5 nitrogen and oxygen atoms in total. The van der Waals surface area contributed by atoms with E-state index in [1.807, 2.05) is 42.5 Å². The van der Waals surface area contributed by atoms with Crippen molar-refractivity contribution in [3.8, 4) is 5.75 Å². The van der Waals surface area contributed by atoms with Gasteiger partial charge in [0.05, 0.1) is 6.10 Å². The Morgan fingerprint density at radius 3 is 2.65 bits per heavy atom. The highest BCUT2D eigenvalue weighted by molar-refractivity contribution is 6.30. The third-order valence-corrected chi connectivity index (χ3v) is 6.73. The van der Waals surface area contributed by atoms with Crippen LogP contribution in [0.5, 0.6) is 5.75 Å². The minimum atomic E-state index is -0.562. The van der Waals surface area contributed by atoms with Crippen molar-refractivity contribution in [3.05, 3.63) is 64.7 Å². The van der Waals surface area contributed by atoms with E-state index in [1.54, 1.807) is 0 Å². The van der Waals surface area contributed by atoms with Gasteiger partial charge in [-0.1, -0.05) is 29.8 Å². The van der Waals surface area contributed by atoms with Crippen LogP contribution >= 0.6 is 11.6 Å². The van der Waals surface area contributed by atoms with Crippen LogP contribution in [0, 0.1) is 5.92 Å². The van der Waals surface area contributed by atoms with Gasteiger partial charge in [-0.3, -0.25) is 4.79 Å². The lowest BCUT2D eigenvalue weighted by Gasteiger charge is -2.42. The number of rotatable bonds is 5. The largest absolute Gasteiger partial charge is 0.482 e. The normalized spacial score (nSPS) is 20.7. The predicted molar refractivity (Wildman–Crippen MR) is 122 cm³/mol. The van der Waals surface area contributed by atoms with Gasteiger partial charge in [-0.2, -0.15) is 0 Å². The number of halogens is 1. The summed E-state index contributed by atoms with van der Waals surface area (Å²) in [6, 6.07) is 13.3. The van der Waals surface area contributed by atoms with Gasteiger partial charge in [0.25, 0.3) is 0 Å². The number of likely N-dealkylation sites (tertiary alicyclic amines) is 1. The van der Waals surface area contributed by atoms with Crippen LogP contribution in [0.25, 0.3) is 6.08 Å². The minimum absolute atomic E-state index is 0.0975. The van der Waals surface area contributed by atoms with Crippen LogP contribution in [0.3, 0.4) is 0 Å². The van der Waals surface area contributed by atoms with Gasteiger partial charge < -0.3 is 20.1 Å². The Labute approximate surface area is 187 Å². The SMILES string of the molecule is O=C(Nc1ccc([C@@H](O)CN2CCC3(C=Cc4cc(Cl)ccc4O3)CC2)cc1)C1CC1. The summed E-state index contributed by atoms with van der Waals surface area (Å²) >= 11 is 6.08. The summed E-state index contributed by atoms with van der Waals surface area (Å²) in [5.41, 5.74) is 2.40. The molecule has 2 aromatic carbocycles. The van der Waals surface area contributed by atoms with Gasteiger partial charge in [-0.05, 0) is 54.8 Å². The molecule has 0 bridgehead atoms. The second kappa shape index (κ2) is 8.30. The number of aliphatic hydroxyl groups is 1. The van der Waals surface area contributed by atoms with E-state index < -0.39 is 6.10 Å². The van der Waals surface area contributed by atoms with Crippen molar-refractivity contribution in [2.75, 3.05) is 25.0 Å². The first kappa shape index (κ1) is 20.6. The molecule has 1 saturated carbocycles. The zero-order chi connectivity index (χ0) is 21.4. The molecule has 0 unspecified atom stereocenters. The van der Waals surface area contributed by atoms with Gasteiger partial charge >= 0.3 is 0 Å². The summed E-state index contributed by atoms with van der Waals surface area (Å²) in [6.07, 6.45) is 7.44. The first-order chi connectivity index (χ1) is 15.0. The Kier molecular flexibility index (Phi) is 5.51. The molecule has 1 spiro atoms. The Bertz CT molecular complexity index is 992. The number of hydrogen-bond donors (Lipinski definition) is 2. The van der Waals surface area contributed by atoms with Crippen molar-refractivity contribution < 1.29 is 14.6 Å². The number of benzene rings is 2. The number of carbonyl (C=O) groups excluding carboxylic acids is 1. The third kappa shape index (κ3) is 4.64. The maximum atomic E-state index is 11.9.